The molecule has 2 heterocycles. The summed E-state index contributed by atoms with van der Waals surface area (Å²) in [4.78, 5) is 16.7. The molecule has 0 atom stereocenters. The van der Waals surface area contributed by atoms with Gasteiger partial charge in [-0.15, -0.1) is 0 Å². The SMILES string of the molecule is O=C(c1ccc(-c2ccccc2F)o1)N1CCN(c2ccccc2)CC1. The lowest BCUT2D eigenvalue weighted by Crippen LogP contribution is -2.48. The Labute approximate surface area is 151 Å². The summed E-state index contributed by atoms with van der Waals surface area (Å²) in [5, 5.41) is 0. The minimum absolute atomic E-state index is 0.152. The number of hydrogen-bond acceptors (Lipinski definition) is 3. The summed E-state index contributed by atoms with van der Waals surface area (Å²) >= 11 is 0. The van der Waals surface area contributed by atoms with Gasteiger partial charge in [-0.2, -0.15) is 0 Å². The predicted octanol–water partition coefficient (Wildman–Crippen LogP) is 4.05. The highest BCUT2D eigenvalue weighted by molar-refractivity contribution is 5.92. The Kier molecular flexibility index (Phi) is 4.44. The summed E-state index contributed by atoms with van der Waals surface area (Å²) in [5.74, 6) is 0.100. The zero-order valence-corrected chi connectivity index (χ0v) is 14.3. The maximum atomic E-state index is 13.9. The molecule has 1 amide bonds. The van der Waals surface area contributed by atoms with Crippen molar-refractivity contribution in [3.63, 3.8) is 0 Å². The molecule has 0 saturated carbocycles. The van der Waals surface area contributed by atoms with Crippen molar-refractivity contribution in [3.8, 4) is 11.3 Å². The van der Waals surface area contributed by atoms with Gasteiger partial charge in [0, 0.05) is 31.9 Å². The van der Waals surface area contributed by atoms with Crippen molar-refractivity contribution in [2.75, 3.05) is 31.1 Å². The van der Waals surface area contributed by atoms with Crippen molar-refractivity contribution in [1.82, 2.24) is 4.90 Å². The normalized spacial score (nSPS) is 14.5. The first-order valence-electron chi connectivity index (χ1n) is 8.66. The molecule has 2 aromatic carbocycles. The van der Waals surface area contributed by atoms with Gasteiger partial charge in [-0.25, -0.2) is 4.39 Å². The van der Waals surface area contributed by atoms with Crippen LogP contribution in [-0.4, -0.2) is 37.0 Å². The molecule has 0 N–H and O–H groups in total. The number of anilines is 1. The van der Waals surface area contributed by atoms with Crippen LogP contribution in [-0.2, 0) is 0 Å². The molecule has 5 heteroatoms. The maximum Gasteiger partial charge on any atom is 0.289 e. The van der Waals surface area contributed by atoms with Gasteiger partial charge in [0.2, 0.25) is 0 Å². The first-order valence-corrected chi connectivity index (χ1v) is 8.66. The lowest BCUT2D eigenvalue weighted by Gasteiger charge is -2.35. The topological polar surface area (TPSA) is 36.7 Å². The molecule has 3 aromatic rings. The molecular formula is C21H19FN2O2. The molecule has 1 aliphatic heterocycles. The third-order valence-electron chi connectivity index (χ3n) is 4.64. The van der Waals surface area contributed by atoms with E-state index < -0.39 is 0 Å². The summed E-state index contributed by atoms with van der Waals surface area (Å²) in [6, 6.07) is 19.8. The van der Waals surface area contributed by atoms with Crippen molar-refractivity contribution >= 4 is 11.6 Å². The molecule has 0 aliphatic carbocycles. The minimum atomic E-state index is -0.364. The van der Waals surface area contributed by atoms with Gasteiger partial charge in [-0.3, -0.25) is 4.79 Å². The summed E-state index contributed by atoms with van der Waals surface area (Å²) < 4.78 is 19.5. The summed E-state index contributed by atoms with van der Waals surface area (Å²) in [5.41, 5.74) is 1.53. The number of piperazine rings is 1. The molecule has 1 aliphatic rings. The number of furan rings is 1. The van der Waals surface area contributed by atoms with Crippen LogP contribution in [0.5, 0.6) is 0 Å². The van der Waals surface area contributed by atoms with Gasteiger partial charge in [-0.1, -0.05) is 30.3 Å². The largest absolute Gasteiger partial charge is 0.451 e. The molecule has 1 saturated heterocycles. The second kappa shape index (κ2) is 7.04. The van der Waals surface area contributed by atoms with Crippen molar-refractivity contribution in [2.24, 2.45) is 0 Å². The van der Waals surface area contributed by atoms with Gasteiger partial charge in [0.05, 0.1) is 5.56 Å². The van der Waals surface area contributed by atoms with E-state index in [9.17, 15) is 9.18 Å². The van der Waals surface area contributed by atoms with Gasteiger partial charge < -0.3 is 14.2 Å². The number of para-hydroxylation sites is 1. The third-order valence-corrected chi connectivity index (χ3v) is 4.64. The molecule has 4 nitrogen and oxygen atoms in total. The number of carbonyl (C=O) groups is 1. The van der Waals surface area contributed by atoms with E-state index in [2.05, 4.69) is 17.0 Å². The number of benzene rings is 2. The Morgan fingerprint density at radius 2 is 1.54 bits per heavy atom. The average Bonchev–Trinajstić information content (AvgIpc) is 3.18. The zero-order chi connectivity index (χ0) is 17.9. The van der Waals surface area contributed by atoms with E-state index in [-0.39, 0.29) is 17.5 Å². The van der Waals surface area contributed by atoms with Crippen LogP contribution < -0.4 is 4.90 Å². The van der Waals surface area contributed by atoms with Crippen LogP contribution in [0.3, 0.4) is 0 Å². The fraction of sp³-hybridized carbons (Fsp3) is 0.190. The summed E-state index contributed by atoms with van der Waals surface area (Å²) in [7, 11) is 0. The number of carbonyl (C=O) groups excluding carboxylic acids is 1. The number of rotatable bonds is 3. The van der Waals surface area contributed by atoms with E-state index in [1.165, 1.54) is 11.8 Å². The highest BCUT2D eigenvalue weighted by Gasteiger charge is 2.24. The Morgan fingerprint density at radius 3 is 2.27 bits per heavy atom. The van der Waals surface area contributed by atoms with Crippen molar-refractivity contribution in [2.45, 2.75) is 0 Å². The van der Waals surface area contributed by atoms with Gasteiger partial charge in [0.1, 0.15) is 11.6 Å². The highest BCUT2D eigenvalue weighted by Crippen LogP contribution is 2.25. The summed E-state index contributed by atoms with van der Waals surface area (Å²) in [6.45, 7) is 2.81. The lowest BCUT2D eigenvalue weighted by molar-refractivity contribution is 0.0715. The second-order valence-electron chi connectivity index (χ2n) is 6.26. The minimum Gasteiger partial charge on any atom is -0.451 e. The Morgan fingerprint density at radius 1 is 0.846 bits per heavy atom. The third kappa shape index (κ3) is 3.20. The van der Waals surface area contributed by atoms with Crippen molar-refractivity contribution < 1.29 is 13.6 Å². The summed E-state index contributed by atoms with van der Waals surface area (Å²) in [6.07, 6.45) is 0. The zero-order valence-electron chi connectivity index (χ0n) is 14.3. The van der Waals surface area contributed by atoms with E-state index in [4.69, 9.17) is 4.42 Å². The molecule has 0 spiro atoms. The molecule has 0 bridgehead atoms. The van der Waals surface area contributed by atoms with E-state index in [1.54, 1.807) is 35.2 Å². The monoisotopic (exact) mass is 350 g/mol. The Hall–Kier alpha value is -3.08. The van der Waals surface area contributed by atoms with Crippen LogP contribution in [0.4, 0.5) is 10.1 Å². The van der Waals surface area contributed by atoms with Crippen LogP contribution in [0.2, 0.25) is 0 Å². The molecule has 0 radical (unpaired) electrons. The smallest absolute Gasteiger partial charge is 0.289 e. The highest BCUT2D eigenvalue weighted by atomic mass is 19.1. The van der Waals surface area contributed by atoms with Crippen LogP contribution in [0.15, 0.2) is 71.1 Å². The molecule has 132 valence electrons. The van der Waals surface area contributed by atoms with E-state index >= 15 is 0 Å². The maximum absolute atomic E-state index is 13.9. The molecule has 26 heavy (non-hydrogen) atoms. The first-order chi connectivity index (χ1) is 12.7. The van der Waals surface area contributed by atoms with Crippen LogP contribution in [0.25, 0.3) is 11.3 Å². The number of hydrogen-bond donors (Lipinski definition) is 0. The fourth-order valence-corrected chi connectivity index (χ4v) is 3.22. The molecule has 0 unspecified atom stereocenters. The van der Waals surface area contributed by atoms with Crippen molar-refractivity contribution in [3.05, 3.63) is 78.3 Å². The van der Waals surface area contributed by atoms with Gasteiger partial charge >= 0.3 is 0 Å². The lowest BCUT2D eigenvalue weighted by atomic mass is 10.1. The fourth-order valence-electron chi connectivity index (χ4n) is 3.22. The van der Waals surface area contributed by atoms with Crippen molar-refractivity contribution in [1.29, 1.82) is 0 Å². The average molecular weight is 350 g/mol. The van der Waals surface area contributed by atoms with Gasteiger partial charge in [-0.05, 0) is 36.4 Å². The number of nitrogens with zero attached hydrogens (tertiary/aromatic N) is 2. The molecule has 1 aromatic heterocycles. The molecular weight excluding hydrogens is 331 g/mol. The quantitative estimate of drug-likeness (QED) is 0.715. The Balaban J connectivity index is 1.44. The molecule has 1 fully saturated rings. The Bertz CT molecular complexity index is 899. The van der Waals surface area contributed by atoms with Crippen LogP contribution in [0, 0.1) is 5.82 Å². The van der Waals surface area contributed by atoms with E-state index in [1.807, 2.05) is 18.2 Å². The van der Waals surface area contributed by atoms with Crippen LogP contribution in [0.1, 0.15) is 10.6 Å². The van der Waals surface area contributed by atoms with E-state index in [0.717, 1.165) is 13.1 Å². The van der Waals surface area contributed by atoms with Gasteiger partial charge in [0.15, 0.2) is 5.76 Å². The predicted molar refractivity (Wildman–Crippen MR) is 98.7 cm³/mol. The molecule has 4 rings (SSSR count). The number of amides is 1. The number of halogens is 1. The first kappa shape index (κ1) is 16.4. The van der Waals surface area contributed by atoms with Crippen LogP contribution >= 0.6 is 0 Å². The standard InChI is InChI=1S/C21H19FN2O2/c22-18-9-5-4-8-17(18)19-10-11-20(26-19)21(25)24-14-12-23(13-15-24)16-6-2-1-3-7-16/h1-11H,12-15H2. The second-order valence-corrected chi connectivity index (χ2v) is 6.26. The van der Waals surface area contributed by atoms with E-state index in [0.29, 0.717) is 24.4 Å². The van der Waals surface area contributed by atoms with Gasteiger partial charge in [0.25, 0.3) is 5.91 Å².